The molecule has 0 spiro atoms. The summed E-state index contributed by atoms with van der Waals surface area (Å²) in [6.07, 6.45) is 0. The van der Waals surface area contributed by atoms with Gasteiger partial charge < -0.3 is 4.42 Å². The summed E-state index contributed by atoms with van der Waals surface area (Å²) in [6.45, 7) is 0. The molecule has 7 aromatic carbocycles. The number of fused-ring (bicyclic) bond motifs is 8. The highest BCUT2D eigenvalue weighted by Gasteiger charge is 2.21. The van der Waals surface area contributed by atoms with Gasteiger partial charge in [-0.25, -0.2) is 4.98 Å². The maximum absolute atomic E-state index is 6.89. The molecule has 3 nitrogen and oxygen atoms in total. The summed E-state index contributed by atoms with van der Waals surface area (Å²) in [7, 11) is 0. The van der Waals surface area contributed by atoms with Gasteiger partial charge in [-0.15, -0.1) is 0 Å². The number of benzene rings is 7. The van der Waals surface area contributed by atoms with Crippen LogP contribution in [0, 0.1) is 0 Å². The minimum absolute atomic E-state index is 0.877. The van der Waals surface area contributed by atoms with Gasteiger partial charge in [0.15, 0.2) is 0 Å². The molecule has 0 fully saturated rings. The van der Waals surface area contributed by atoms with Crippen LogP contribution in [0.25, 0.3) is 93.8 Å². The molecule has 0 atom stereocenters. The van der Waals surface area contributed by atoms with Crippen LogP contribution in [-0.2, 0) is 0 Å². The summed E-state index contributed by atoms with van der Waals surface area (Å²) in [5, 5.41) is 5.60. The first-order chi connectivity index (χ1) is 23.8. The van der Waals surface area contributed by atoms with Crippen molar-refractivity contribution in [1.29, 1.82) is 0 Å². The quantitative estimate of drug-likeness (QED) is 0.198. The van der Waals surface area contributed by atoms with Crippen molar-refractivity contribution in [2.24, 2.45) is 0 Å². The van der Waals surface area contributed by atoms with E-state index in [4.69, 9.17) is 9.40 Å². The van der Waals surface area contributed by atoms with Crippen molar-refractivity contribution in [3.8, 4) is 39.2 Å². The third-order valence-corrected chi connectivity index (χ3v) is 9.62. The van der Waals surface area contributed by atoms with E-state index in [9.17, 15) is 0 Å². The van der Waals surface area contributed by atoms with Gasteiger partial charge in [0.1, 0.15) is 17.0 Å². The summed E-state index contributed by atoms with van der Waals surface area (Å²) in [5.41, 5.74) is 11.9. The molecule has 3 aromatic heterocycles. The smallest absolute Gasteiger partial charge is 0.145 e. The Morgan fingerprint density at radius 1 is 0.396 bits per heavy atom. The lowest BCUT2D eigenvalue weighted by molar-refractivity contribution is 0.674. The fraction of sp³-hybridized carbons (Fsp3) is 0. The van der Waals surface area contributed by atoms with Crippen LogP contribution in [0.2, 0.25) is 0 Å². The molecule has 0 amide bonds. The number of hydrogen-bond acceptors (Lipinski definition) is 2. The number of nitrogens with zero attached hydrogens (tertiary/aromatic N) is 2. The van der Waals surface area contributed by atoms with Crippen molar-refractivity contribution in [3.05, 3.63) is 170 Å². The highest BCUT2D eigenvalue weighted by molar-refractivity contribution is 6.24. The molecule has 0 aliphatic carbocycles. The largest absolute Gasteiger partial charge is 0.455 e. The predicted octanol–water partition coefficient (Wildman–Crippen LogP) is 12.2. The topological polar surface area (TPSA) is 31.0 Å². The molecule has 0 saturated heterocycles. The van der Waals surface area contributed by atoms with Crippen LogP contribution in [0.5, 0.6) is 0 Å². The number of aromatic nitrogens is 2. The van der Waals surface area contributed by atoms with Gasteiger partial charge in [-0.1, -0.05) is 140 Å². The average molecular weight is 613 g/mol. The molecule has 0 aliphatic heterocycles. The zero-order valence-electron chi connectivity index (χ0n) is 26.0. The predicted molar refractivity (Wildman–Crippen MR) is 200 cm³/mol. The second-order valence-corrected chi connectivity index (χ2v) is 12.3. The molecule has 0 radical (unpaired) electrons. The maximum Gasteiger partial charge on any atom is 0.145 e. The monoisotopic (exact) mass is 612 g/mol. The molecule has 0 N–H and O–H groups in total. The number of para-hydroxylation sites is 3. The lowest BCUT2D eigenvalue weighted by Gasteiger charge is -2.13. The van der Waals surface area contributed by atoms with E-state index < -0.39 is 0 Å². The Hall–Kier alpha value is -6.45. The van der Waals surface area contributed by atoms with Crippen molar-refractivity contribution >= 4 is 54.6 Å². The van der Waals surface area contributed by atoms with Gasteiger partial charge in [0, 0.05) is 27.1 Å². The van der Waals surface area contributed by atoms with Gasteiger partial charge in [-0.3, -0.25) is 4.57 Å². The van der Waals surface area contributed by atoms with E-state index in [1.54, 1.807) is 0 Å². The lowest BCUT2D eigenvalue weighted by atomic mass is 9.98. The maximum atomic E-state index is 6.89. The highest BCUT2D eigenvalue weighted by atomic mass is 16.3. The Bertz CT molecular complexity index is 2810. The van der Waals surface area contributed by atoms with E-state index in [1.165, 1.54) is 11.1 Å². The standard InChI is InChI=1S/C45H28N2O/c1-3-12-29(13-4-1)30-22-24-32(25-23-30)38-28-42(46-39-20-9-7-16-34(38)39)47-40-21-10-8-17-37(40)43-41(47)27-26-36-35-19-11-18-33(44(35)48-45(36)43)31-14-5-2-6-15-31/h1-28H. The second-order valence-electron chi connectivity index (χ2n) is 12.3. The van der Waals surface area contributed by atoms with Gasteiger partial charge in [0.05, 0.1) is 21.9 Å². The van der Waals surface area contributed by atoms with Crippen LogP contribution in [0.1, 0.15) is 0 Å². The Kier molecular flexibility index (Phi) is 5.87. The van der Waals surface area contributed by atoms with E-state index in [2.05, 4.69) is 168 Å². The first-order valence-electron chi connectivity index (χ1n) is 16.3. The molecule has 10 aromatic rings. The number of hydrogen-bond donors (Lipinski definition) is 0. The minimum Gasteiger partial charge on any atom is -0.455 e. The third kappa shape index (κ3) is 4.04. The molecule has 0 unspecified atom stereocenters. The van der Waals surface area contributed by atoms with Crippen LogP contribution < -0.4 is 0 Å². The first kappa shape index (κ1) is 26.7. The van der Waals surface area contributed by atoms with Crippen LogP contribution in [-0.4, -0.2) is 9.55 Å². The molecule has 10 rings (SSSR count). The summed E-state index contributed by atoms with van der Waals surface area (Å²) >= 11 is 0. The normalized spacial score (nSPS) is 11.8. The highest BCUT2D eigenvalue weighted by Crippen LogP contribution is 2.43. The SMILES string of the molecule is c1ccc(-c2ccc(-c3cc(-n4c5ccccc5c5c6oc7c(-c8ccccc8)cccc7c6ccc54)nc4ccccc34)cc2)cc1. The molecule has 0 bridgehead atoms. The Morgan fingerprint density at radius 2 is 1.00 bits per heavy atom. The molecule has 224 valence electrons. The van der Waals surface area contributed by atoms with E-state index in [0.29, 0.717) is 0 Å². The Morgan fingerprint density at radius 3 is 1.81 bits per heavy atom. The lowest BCUT2D eigenvalue weighted by Crippen LogP contribution is -1.99. The number of furan rings is 1. The van der Waals surface area contributed by atoms with Crippen molar-refractivity contribution in [2.75, 3.05) is 0 Å². The van der Waals surface area contributed by atoms with Crippen LogP contribution in [0.15, 0.2) is 174 Å². The van der Waals surface area contributed by atoms with Gasteiger partial charge in [0.25, 0.3) is 0 Å². The van der Waals surface area contributed by atoms with Gasteiger partial charge in [-0.2, -0.15) is 0 Å². The summed E-state index contributed by atoms with van der Waals surface area (Å²) in [4.78, 5) is 5.28. The molecule has 3 heterocycles. The molecular formula is C45H28N2O. The fourth-order valence-electron chi connectivity index (χ4n) is 7.39. The first-order valence-corrected chi connectivity index (χ1v) is 16.3. The van der Waals surface area contributed by atoms with Crippen LogP contribution in [0.3, 0.4) is 0 Å². The van der Waals surface area contributed by atoms with Crippen molar-refractivity contribution in [2.45, 2.75) is 0 Å². The van der Waals surface area contributed by atoms with Crippen molar-refractivity contribution < 1.29 is 4.42 Å². The van der Waals surface area contributed by atoms with E-state index in [0.717, 1.165) is 82.7 Å². The summed E-state index contributed by atoms with van der Waals surface area (Å²) < 4.78 is 9.18. The van der Waals surface area contributed by atoms with Crippen molar-refractivity contribution in [1.82, 2.24) is 9.55 Å². The van der Waals surface area contributed by atoms with E-state index in [1.807, 2.05) is 6.07 Å². The Labute approximate surface area is 277 Å². The van der Waals surface area contributed by atoms with E-state index in [-0.39, 0.29) is 0 Å². The zero-order valence-corrected chi connectivity index (χ0v) is 26.0. The summed E-state index contributed by atoms with van der Waals surface area (Å²) in [6, 6.07) is 60.0. The zero-order chi connectivity index (χ0) is 31.6. The molecule has 48 heavy (non-hydrogen) atoms. The average Bonchev–Trinajstić information content (AvgIpc) is 3.71. The molecule has 0 aliphatic rings. The minimum atomic E-state index is 0.877. The van der Waals surface area contributed by atoms with Crippen molar-refractivity contribution in [3.63, 3.8) is 0 Å². The fourth-order valence-corrected chi connectivity index (χ4v) is 7.39. The molecular weight excluding hydrogens is 585 g/mol. The summed E-state index contributed by atoms with van der Waals surface area (Å²) in [5.74, 6) is 0.877. The third-order valence-electron chi connectivity index (χ3n) is 9.62. The second kappa shape index (κ2) is 10.5. The number of pyridine rings is 1. The number of rotatable bonds is 4. The van der Waals surface area contributed by atoms with Crippen LogP contribution >= 0.6 is 0 Å². The Balaban J connectivity index is 1.23. The molecule has 0 saturated carbocycles. The van der Waals surface area contributed by atoms with E-state index >= 15 is 0 Å². The van der Waals surface area contributed by atoms with Gasteiger partial charge in [-0.05, 0) is 58.1 Å². The van der Waals surface area contributed by atoms with Gasteiger partial charge >= 0.3 is 0 Å². The van der Waals surface area contributed by atoms with Gasteiger partial charge in [0.2, 0.25) is 0 Å². The molecule has 3 heteroatoms. The van der Waals surface area contributed by atoms with Crippen LogP contribution in [0.4, 0.5) is 0 Å².